The van der Waals surface area contributed by atoms with E-state index in [2.05, 4.69) is 10.5 Å². The van der Waals surface area contributed by atoms with Gasteiger partial charge in [0.05, 0.1) is 6.04 Å². The summed E-state index contributed by atoms with van der Waals surface area (Å²) in [4.78, 5) is 12.3. The van der Waals surface area contributed by atoms with Crippen molar-refractivity contribution in [2.45, 2.75) is 33.4 Å². The number of carbonyl (C=O) groups excluding carboxylic acids is 1. The second-order valence-corrected chi connectivity index (χ2v) is 6.48. The van der Waals surface area contributed by atoms with Crippen molar-refractivity contribution in [2.75, 3.05) is 0 Å². The van der Waals surface area contributed by atoms with Crippen LogP contribution in [0.3, 0.4) is 0 Å². The lowest BCUT2D eigenvalue weighted by Crippen LogP contribution is -2.26. The van der Waals surface area contributed by atoms with Gasteiger partial charge in [-0.3, -0.25) is 4.79 Å². The summed E-state index contributed by atoms with van der Waals surface area (Å²) in [6.07, 6.45) is 0. The number of carbonyl (C=O) groups is 1. The minimum atomic E-state index is -0.367. The van der Waals surface area contributed by atoms with Crippen LogP contribution in [0.15, 0.2) is 53.1 Å². The van der Waals surface area contributed by atoms with Crippen molar-refractivity contribution in [3.63, 3.8) is 0 Å². The van der Waals surface area contributed by atoms with Gasteiger partial charge in [0, 0.05) is 6.07 Å². The first kappa shape index (κ1) is 18.6. The highest BCUT2D eigenvalue weighted by Gasteiger charge is 2.16. The fourth-order valence-corrected chi connectivity index (χ4v) is 2.61. The molecule has 2 aromatic carbocycles. The van der Waals surface area contributed by atoms with Crippen molar-refractivity contribution in [3.8, 4) is 5.75 Å². The molecule has 5 nitrogen and oxygen atoms in total. The van der Waals surface area contributed by atoms with Crippen molar-refractivity contribution in [3.05, 3.63) is 82.5 Å². The maximum Gasteiger partial charge on any atom is 0.273 e. The van der Waals surface area contributed by atoms with Gasteiger partial charge >= 0.3 is 0 Å². The Labute approximate surface area is 157 Å². The molecule has 0 spiro atoms. The summed E-state index contributed by atoms with van der Waals surface area (Å²) in [6, 6.07) is 13.2. The lowest BCUT2D eigenvalue weighted by atomic mass is 10.1. The summed E-state index contributed by atoms with van der Waals surface area (Å²) >= 11 is 0. The van der Waals surface area contributed by atoms with Crippen molar-refractivity contribution in [1.82, 2.24) is 10.5 Å². The van der Waals surface area contributed by atoms with Crippen LogP contribution >= 0.6 is 0 Å². The number of nitrogens with zero attached hydrogens (tertiary/aromatic N) is 1. The number of hydrogen-bond donors (Lipinski definition) is 1. The Bertz CT molecular complexity index is 935. The van der Waals surface area contributed by atoms with E-state index in [-0.39, 0.29) is 30.1 Å². The van der Waals surface area contributed by atoms with Gasteiger partial charge in [-0.15, -0.1) is 0 Å². The zero-order valence-electron chi connectivity index (χ0n) is 15.5. The third-order valence-electron chi connectivity index (χ3n) is 4.22. The molecule has 0 unspecified atom stereocenters. The lowest BCUT2D eigenvalue weighted by molar-refractivity contribution is 0.0930. The van der Waals surface area contributed by atoms with Crippen molar-refractivity contribution >= 4 is 5.91 Å². The maximum absolute atomic E-state index is 13.0. The molecule has 0 saturated heterocycles. The van der Waals surface area contributed by atoms with Crippen molar-refractivity contribution < 1.29 is 18.4 Å². The van der Waals surface area contributed by atoms with Gasteiger partial charge in [0.1, 0.15) is 18.2 Å². The van der Waals surface area contributed by atoms with Crippen LogP contribution in [0.2, 0.25) is 0 Å². The van der Waals surface area contributed by atoms with Gasteiger partial charge in [-0.25, -0.2) is 4.39 Å². The van der Waals surface area contributed by atoms with Crippen LogP contribution in [-0.4, -0.2) is 11.1 Å². The van der Waals surface area contributed by atoms with E-state index in [1.165, 1.54) is 12.1 Å². The number of rotatable bonds is 6. The van der Waals surface area contributed by atoms with E-state index in [1.54, 1.807) is 18.2 Å². The fraction of sp³-hybridized carbons (Fsp3) is 0.238. The first-order valence-corrected chi connectivity index (χ1v) is 8.64. The molecule has 0 bridgehead atoms. The summed E-state index contributed by atoms with van der Waals surface area (Å²) in [7, 11) is 0. The Balaban J connectivity index is 1.60. The molecule has 0 saturated carbocycles. The minimum Gasteiger partial charge on any atom is -0.485 e. The second-order valence-electron chi connectivity index (χ2n) is 6.48. The molecule has 0 fully saturated rings. The number of hydrogen-bond acceptors (Lipinski definition) is 4. The maximum atomic E-state index is 13.0. The zero-order valence-corrected chi connectivity index (χ0v) is 15.5. The first-order valence-electron chi connectivity index (χ1n) is 8.64. The van der Waals surface area contributed by atoms with E-state index in [1.807, 2.05) is 39.0 Å². The average Bonchev–Trinajstić information content (AvgIpc) is 3.12. The van der Waals surface area contributed by atoms with Crippen molar-refractivity contribution in [1.29, 1.82) is 0 Å². The molecule has 0 aliphatic carbocycles. The number of amides is 1. The van der Waals surface area contributed by atoms with Gasteiger partial charge in [0.25, 0.3) is 5.91 Å². The van der Waals surface area contributed by atoms with Crippen LogP contribution in [0.1, 0.15) is 45.9 Å². The van der Waals surface area contributed by atoms with Gasteiger partial charge in [0.2, 0.25) is 0 Å². The molecule has 1 aromatic heterocycles. The summed E-state index contributed by atoms with van der Waals surface area (Å²) in [5.74, 6) is 0.536. The molecule has 27 heavy (non-hydrogen) atoms. The van der Waals surface area contributed by atoms with E-state index in [4.69, 9.17) is 9.26 Å². The lowest BCUT2D eigenvalue weighted by Gasteiger charge is -2.13. The SMILES string of the molecule is Cc1ccc(C)c(OCc2cc(C(=O)N[C@@H](C)c3ccc(F)cc3)no2)c1. The smallest absolute Gasteiger partial charge is 0.273 e. The Morgan fingerprint density at radius 2 is 1.93 bits per heavy atom. The quantitative estimate of drug-likeness (QED) is 0.696. The second kappa shape index (κ2) is 8.03. The molecule has 1 N–H and O–H groups in total. The molecule has 0 radical (unpaired) electrons. The topological polar surface area (TPSA) is 64.4 Å². The summed E-state index contributed by atoms with van der Waals surface area (Å²) < 4.78 is 24.0. The molecule has 0 aliphatic rings. The van der Waals surface area contributed by atoms with Gasteiger partial charge in [-0.1, -0.05) is 29.4 Å². The number of aromatic nitrogens is 1. The average molecular weight is 368 g/mol. The summed E-state index contributed by atoms with van der Waals surface area (Å²) in [6.45, 7) is 5.95. The molecule has 1 amide bonds. The van der Waals surface area contributed by atoms with Crippen LogP contribution < -0.4 is 10.1 Å². The Hall–Kier alpha value is -3.15. The van der Waals surface area contributed by atoms with E-state index in [0.29, 0.717) is 5.76 Å². The van der Waals surface area contributed by atoms with Gasteiger partial charge in [-0.2, -0.15) is 0 Å². The van der Waals surface area contributed by atoms with Crippen molar-refractivity contribution in [2.24, 2.45) is 0 Å². The highest BCUT2D eigenvalue weighted by molar-refractivity contribution is 5.92. The third kappa shape index (κ3) is 4.73. The van der Waals surface area contributed by atoms with Crippen LogP contribution in [-0.2, 0) is 6.61 Å². The highest BCUT2D eigenvalue weighted by atomic mass is 19.1. The zero-order chi connectivity index (χ0) is 19.4. The molecule has 1 heterocycles. The fourth-order valence-electron chi connectivity index (χ4n) is 2.61. The van der Waals surface area contributed by atoms with E-state index >= 15 is 0 Å². The molecule has 140 valence electrons. The molecule has 3 rings (SSSR count). The van der Waals surface area contributed by atoms with Gasteiger partial charge in [-0.05, 0) is 55.7 Å². The van der Waals surface area contributed by atoms with E-state index in [0.717, 1.165) is 22.4 Å². The Morgan fingerprint density at radius 1 is 1.19 bits per heavy atom. The third-order valence-corrected chi connectivity index (χ3v) is 4.22. The summed E-state index contributed by atoms with van der Waals surface area (Å²) in [5.41, 5.74) is 3.09. The van der Waals surface area contributed by atoms with Crippen LogP contribution in [0.5, 0.6) is 5.75 Å². The predicted molar refractivity (Wildman–Crippen MR) is 99.0 cm³/mol. The number of nitrogens with one attached hydrogen (secondary N) is 1. The van der Waals surface area contributed by atoms with Gasteiger partial charge < -0.3 is 14.6 Å². The van der Waals surface area contributed by atoms with Crippen LogP contribution in [0, 0.1) is 19.7 Å². The normalized spacial score (nSPS) is 11.9. The molecule has 0 aliphatic heterocycles. The Morgan fingerprint density at radius 3 is 2.67 bits per heavy atom. The minimum absolute atomic E-state index is 0.170. The number of aryl methyl sites for hydroxylation is 2. The highest BCUT2D eigenvalue weighted by Crippen LogP contribution is 2.21. The molecule has 1 atom stereocenters. The van der Waals surface area contributed by atoms with E-state index in [9.17, 15) is 9.18 Å². The first-order chi connectivity index (χ1) is 12.9. The molecule has 6 heteroatoms. The molecular weight excluding hydrogens is 347 g/mol. The Kier molecular flexibility index (Phi) is 5.54. The number of halogens is 1. The van der Waals surface area contributed by atoms with Gasteiger partial charge in [0.15, 0.2) is 11.5 Å². The molecular formula is C21H21FN2O3. The largest absolute Gasteiger partial charge is 0.485 e. The number of benzene rings is 2. The van der Waals surface area contributed by atoms with Crippen LogP contribution in [0.4, 0.5) is 4.39 Å². The van der Waals surface area contributed by atoms with Crippen LogP contribution in [0.25, 0.3) is 0 Å². The monoisotopic (exact) mass is 368 g/mol. The number of ether oxygens (including phenoxy) is 1. The summed E-state index contributed by atoms with van der Waals surface area (Å²) in [5, 5.41) is 6.61. The molecule has 3 aromatic rings. The standard InChI is InChI=1S/C21H21FN2O3/c1-13-4-5-14(2)20(10-13)26-12-18-11-19(24-27-18)21(25)23-15(3)16-6-8-17(22)9-7-16/h4-11,15H,12H2,1-3H3,(H,23,25)/t15-/m0/s1. The van der Waals surface area contributed by atoms with E-state index < -0.39 is 0 Å². The predicted octanol–water partition coefficient (Wildman–Crippen LogP) is 4.50.